The number of nitrogens with one attached hydrogen (secondary N) is 1. The van der Waals surface area contributed by atoms with Crippen LogP contribution in [0.3, 0.4) is 0 Å². The minimum atomic E-state index is -2.38. The molecule has 0 saturated heterocycles. The minimum Gasteiger partial charge on any atom is -0.374 e. The van der Waals surface area contributed by atoms with Gasteiger partial charge < -0.3 is 10.1 Å². The van der Waals surface area contributed by atoms with Crippen LogP contribution < -0.4 is 5.32 Å². The Hall–Kier alpha value is -1.00. The van der Waals surface area contributed by atoms with Crippen LogP contribution >= 0.6 is 0 Å². The Balaban J connectivity index is 1.77. The maximum atomic E-state index is 11.9. The molecule has 0 aromatic heterocycles. The zero-order chi connectivity index (χ0) is 13.0. The number of hydrogen-bond donors (Lipinski definition) is 1. The zero-order valence-electron chi connectivity index (χ0n) is 10.6. The molecule has 1 aliphatic carbocycles. The lowest BCUT2D eigenvalue weighted by atomic mass is 10.1. The van der Waals surface area contributed by atoms with Crippen molar-refractivity contribution < 1.29 is 13.5 Å². The molecule has 100 valence electrons. The minimum absolute atomic E-state index is 0.335. The summed E-state index contributed by atoms with van der Waals surface area (Å²) < 4.78 is 28.6. The monoisotopic (exact) mass is 255 g/mol. The van der Waals surface area contributed by atoms with Crippen molar-refractivity contribution in [3.05, 3.63) is 34.9 Å². The average Bonchev–Trinajstić information content (AvgIpc) is 2.71. The molecule has 2 rings (SSSR count). The first-order valence-corrected chi connectivity index (χ1v) is 6.35. The fourth-order valence-electron chi connectivity index (χ4n) is 2.41. The van der Waals surface area contributed by atoms with Crippen LogP contribution in [0.1, 0.15) is 29.2 Å². The topological polar surface area (TPSA) is 21.3 Å². The number of fused-ring (bicyclic) bond motifs is 1. The van der Waals surface area contributed by atoms with Gasteiger partial charge in [-0.05, 0) is 30.9 Å². The van der Waals surface area contributed by atoms with Gasteiger partial charge in [0.1, 0.15) is 6.61 Å². The molecule has 1 aliphatic rings. The highest BCUT2D eigenvalue weighted by atomic mass is 19.3. The molecule has 0 bridgehead atoms. The van der Waals surface area contributed by atoms with Crippen LogP contribution in [-0.4, -0.2) is 26.2 Å². The first-order chi connectivity index (χ1) is 8.66. The highest BCUT2D eigenvalue weighted by Crippen LogP contribution is 2.31. The number of hydrogen-bond acceptors (Lipinski definition) is 2. The summed E-state index contributed by atoms with van der Waals surface area (Å²) in [6.07, 6.45) is -0.210. The van der Waals surface area contributed by atoms with Crippen molar-refractivity contribution in [2.45, 2.75) is 32.2 Å². The third-order valence-electron chi connectivity index (χ3n) is 3.26. The predicted molar refractivity (Wildman–Crippen MR) is 67.1 cm³/mol. The van der Waals surface area contributed by atoms with Crippen molar-refractivity contribution in [2.24, 2.45) is 0 Å². The Labute approximate surface area is 106 Å². The van der Waals surface area contributed by atoms with E-state index < -0.39 is 13.0 Å². The first kappa shape index (κ1) is 13.4. The van der Waals surface area contributed by atoms with E-state index in [2.05, 4.69) is 30.4 Å². The number of alkyl halides is 2. The normalized spacial score (nSPS) is 18.3. The lowest BCUT2D eigenvalue weighted by molar-refractivity contribution is 0.0182. The van der Waals surface area contributed by atoms with Gasteiger partial charge in [0, 0.05) is 12.6 Å². The van der Waals surface area contributed by atoms with E-state index in [9.17, 15) is 8.78 Å². The lowest BCUT2D eigenvalue weighted by Gasteiger charge is -2.14. The van der Waals surface area contributed by atoms with Crippen LogP contribution in [0.25, 0.3) is 0 Å². The Kier molecular flexibility index (Phi) is 4.66. The molecule has 18 heavy (non-hydrogen) atoms. The zero-order valence-corrected chi connectivity index (χ0v) is 10.6. The number of benzene rings is 1. The number of rotatable bonds is 6. The summed E-state index contributed by atoms with van der Waals surface area (Å²) in [6.45, 7) is 2.57. The molecule has 0 radical (unpaired) electrons. The molecule has 0 saturated carbocycles. The smallest absolute Gasteiger partial charge is 0.261 e. The van der Waals surface area contributed by atoms with E-state index in [1.54, 1.807) is 0 Å². The molecule has 0 heterocycles. The molecular formula is C14H19F2NO. The first-order valence-electron chi connectivity index (χ1n) is 6.35. The van der Waals surface area contributed by atoms with E-state index in [4.69, 9.17) is 4.74 Å². The third-order valence-corrected chi connectivity index (χ3v) is 3.26. The Morgan fingerprint density at radius 2 is 2.28 bits per heavy atom. The maximum Gasteiger partial charge on any atom is 0.261 e. The fraction of sp³-hybridized carbons (Fsp3) is 0.571. The average molecular weight is 255 g/mol. The second-order valence-electron chi connectivity index (χ2n) is 4.71. The largest absolute Gasteiger partial charge is 0.374 e. The van der Waals surface area contributed by atoms with Crippen molar-refractivity contribution in [1.29, 1.82) is 0 Å². The van der Waals surface area contributed by atoms with Gasteiger partial charge in [0.25, 0.3) is 6.43 Å². The highest BCUT2D eigenvalue weighted by molar-refractivity contribution is 5.37. The third kappa shape index (κ3) is 3.50. The molecule has 0 aliphatic heterocycles. The van der Waals surface area contributed by atoms with E-state index in [1.807, 2.05) is 0 Å². The molecular weight excluding hydrogens is 236 g/mol. The van der Waals surface area contributed by atoms with Gasteiger partial charge in [-0.1, -0.05) is 23.8 Å². The number of halogens is 2. The summed E-state index contributed by atoms with van der Waals surface area (Å²) in [4.78, 5) is 0. The molecule has 1 N–H and O–H groups in total. The van der Waals surface area contributed by atoms with Crippen LogP contribution in [-0.2, 0) is 11.2 Å². The number of ether oxygens (including phenoxy) is 1. The van der Waals surface area contributed by atoms with E-state index in [1.165, 1.54) is 16.7 Å². The molecule has 1 atom stereocenters. The molecule has 1 aromatic rings. The molecule has 1 unspecified atom stereocenters. The molecule has 4 heteroatoms. The summed E-state index contributed by atoms with van der Waals surface area (Å²) in [6, 6.07) is 6.86. The second kappa shape index (κ2) is 6.25. The molecule has 0 fully saturated rings. The molecule has 0 amide bonds. The van der Waals surface area contributed by atoms with Gasteiger partial charge >= 0.3 is 0 Å². The summed E-state index contributed by atoms with van der Waals surface area (Å²) >= 11 is 0. The van der Waals surface area contributed by atoms with Crippen molar-refractivity contribution in [3.8, 4) is 0 Å². The van der Waals surface area contributed by atoms with Gasteiger partial charge in [0.2, 0.25) is 0 Å². The van der Waals surface area contributed by atoms with Gasteiger partial charge in [-0.3, -0.25) is 0 Å². The van der Waals surface area contributed by atoms with Gasteiger partial charge in [0.05, 0.1) is 6.61 Å². The Bertz CT molecular complexity index is 395. The van der Waals surface area contributed by atoms with E-state index >= 15 is 0 Å². The summed E-state index contributed by atoms with van der Waals surface area (Å²) in [5.74, 6) is 0. The van der Waals surface area contributed by atoms with Crippen LogP contribution in [0.15, 0.2) is 18.2 Å². The van der Waals surface area contributed by atoms with Gasteiger partial charge in [0.15, 0.2) is 0 Å². The molecule has 0 spiro atoms. The summed E-state index contributed by atoms with van der Waals surface area (Å²) in [5.41, 5.74) is 4.01. The standard InChI is InChI=1S/C14H19F2NO/c1-10-2-3-11-4-5-13(12(11)8-10)17-6-7-18-9-14(15)16/h2-3,8,13-14,17H,4-7,9H2,1H3. The second-order valence-corrected chi connectivity index (χ2v) is 4.71. The van der Waals surface area contributed by atoms with Gasteiger partial charge in [-0.2, -0.15) is 0 Å². The van der Waals surface area contributed by atoms with Crippen molar-refractivity contribution in [2.75, 3.05) is 19.8 Å². The summed E-state index contributed by atoms with van der Waals surface area (Å²) in [5, 5.41) is 3.37. The quantitative estimate of drug-likeness (QED) is 0.789. The predicted octanol–water partition coefficient (Wildman–Crippen LogP) is 2.85. The van der Waals surface area contributed by atoms with Crippen LogP contribution in [0, 0.1) is 6.92 Å². The SMILES string of the molecule is Cc1ccc2c(c1)C(NCCOCC(F)F)CC2. The van der Waals surface area contributed by atoms with E-state index in [0.29, 0.717) is 19.2 Å². The molecule has 1 aromatic carbocycles. The Morgan fingerprint density at radius 3 is 3.06 bits per heavy atom. The van der Waals surface area contributed by atoms with Crippen molar-refractivity contribution in [1.82, 2.24) is 5.32 Å². The van der Waals surface area contributed by atoms with Crippen LogP contribution in [0.5, 0.6) is 0 Å². The fourth-order valence-corrected chi connectivity index (χ4v) is 2.41. The van der Waals surface area contributed by atoms with E-state index in [0.717, 1.165) is 12.8 Å². The maximum absolute atomic E-state index is 11.9. The van der Waals surface area contributed by atoms with Crippen LogP contribution in [0.4, 0.5) is 8.78 Å². The lowest BCUT2D eigenvalue weighted by Crippen LogP contribution is -2.24. The van der Waals surface area contributed by atoms with Crippen molar-refractivity contribution >= 4 is 0 Å². The van der Waals surface area contributed by atoms with Crippen molar-refractivity contribution in [3.63, 3.8) is 0 Å². The Morgan fingerprint density at radius 1 is 1.44 bits per heavy atom. The highest BCUT2D eigenvalue weighted by Gasteiger charge is 2.21. The molecule has 2 nitrogen and oxygen atoms in total. The van der Waals surface area contributed by atoms with Gasteiger partial charge in [-0.25, -0.2) is 8.78 Å². The summed E-state index contributed by atoms with van der Waals surface area (Å²) in [7, 11) is 0. The van der Waals surface area contributed by atoms with E-state index in [-0.39, 0.29) is 0 Å². The number of aryl methyl sites for hydroxylation is 2. The van der Waals surface area contributed by atoms with Crippen LogP contribution in [0.2, 0.25) is 0 Å². The van der Waals surface area contributed by atoms with Gasteiger partial charge in [-0.15, -0.1) is 0 Å².